The number of allylic oxidation sites excluding steroid dienone is 2. The molecule has 8 nitrogen and oxygen atoms in total. The van der Waals surface area contributed by atoms with Crippen LogP contribution in [0, 0.1) is 5.92 Å². The highest BCUT2D eigenvalue weighted by Crippen LogP contribution is 2.46. The van der Waals surface area contributed by atoms with Crippen molar-refractivity contribution >= 4 is 11.9 Å². The van der Waals surface area contributed by atoms with E-state index in [-0.39, 0.29) is 41.6 Å². The van der Waals surface area contributed by atoms with Crippen LogP contribution in [0.5, 0.6) is 0 Å². The Labute approximate surface area is 221 Å². The van der Waals surface area contributed by atoms with Gasteiger partial charge in [0.25, 0.3) is 0 Å². The first-order chi connectivity index (χ1) is 17.2. The molecule has 3 rings (SSSR count). The second kappa shape index (κ2) is 11.8. The van der Waals surface area contributed by atoms with Crippen LogP contribution in [0.15, 0.2) is 35.5 Å². The largest absolute Gasteiger partial charge is 0.458 e. The van der Waals surface area contributed by atoms with Crippen molar-refractivity contribution in [3.05, 3.63) is 35.5 Å². The second-order valence-corrected chi connectivity index (χ2v) is 11.7. The van der Waals surface area contributed by atoms with Crippen molar-refractivity contribution in [3.63, 3.8) is 0 Å². The number of carbonyl (C=O) groups is 2. The van der Waals surface area contributed by atoms with Crippen LogP contribution in [0.4, 0.5) is 0 Å². The number of epoxide rings is 1. The van der Waals surface area contributed by atoms with E-state index in [1.54, 1.807) is 13.8 Å². The molecule has 3 aliphatic heterocycles. The van der Waals surface area contributed by atoms with E-state index < -0.39 is 23.9 Å². The molecule has 2 N–H and O–H groups in total. The standard InChI is InChI=1S/C29H45NO7/c1-17(10-12-25-27(33)29(16-34-29)15-28(7,8)37-25)9-11-24-19(3)13-23(21(5)36-24)30-26(32)14-18(2)20(4)35-22(6)31/h9-10,12,14,19-21,23-25,27,33H,11,13,15-16H2,1-8H3,(H,30,32)/b12-10+,17-9+,18-14-/t19-,20?,21+,23?,24-,25+,27+,29+/m0/s1. The predicted octanol–water partition coefficient (Wildman–Crippen LogP) is 3.77. The summed E-state index contributed by atoms with van der Waals surface area (Å²) in [5, 5.41) is 13.8. The molecule has 0 saturated carbocycles. The van der Waals surface area contributed by atoms with Gasteiger partial charge in [0.2, 0.25) is 5.91 Å². The summed E-state index contributed by atoms with van der Waals surface area (Å²) in [4.78, 5) is 23.7. The number of aliphatic hydroxyl groups is 1. The summed E-state index contributed by atoms with van der Waals surface area (Å²) in [6.45, 7) is 15.7. The monoisotopic (exact) mass is 519 g/mol. The minimum atomic E-state index is -0.664. The third-order valence-electron chi connectivity index (χ3n) is 7.65. The Morgan fingerprint density at radius 3 is 2.51 bits per heavy atom. The summed E-state index contributed by atoms with van der Waals surface area (Å²) in [7, 11) is 0. The lowest BCUT2D eigenvalue weighted by Gasteiger charge is -2.41. The molecular weight excluding hydrogens is 474 g/mol. The highest BCUT2D eigenvalue weighted by Gasteiger charge is 2.60. The van der Waals surface area contributed by atoms with Gasteiger partial charge in [0.1, 0.15) is 23.9 Å². The molecule has 8 atom stereocenters. The van der Waals surface area contributed by atoms with Gasteiger partial charge in [-0.2, -0.15) is 0 Å². The first-order valence-corrected chi connectivity index (χ1v) is 13.4. The molecule has 2 unspecified atom stereocenters. The van der Waals surface area contributed by atoms with Crippen molar-refractivity contribution in [3.8, 4) is 0 Å². The molecule has 0 bridgehead atoms. The van der Waals surface area contributed by atoms with Crippen molar-refractivity contribution in [1.82, 2.24) is 5.32 Å². The lowest BCUT2D eigenvalue weighted by Crippen LogP contribution is -2.53. The number of ether oxygens (including phenoxy) is 4. The first-order valence-electron chi connectivity index (χ1n) is 13.4. The second-order valence-electron chi connectivity index (χ2n) is 11.7. The fraction of sp³-hybridized carbons (Fsp3) is 0.724. The number of rotatable bonds is 8. The number of esters is 1. The van der Waals surface area contributed by atoms with Gasteiger partial charge in [-0.15, -0.1) is 0 Å². The lowest BCUT2D eigenvalue weighted by molar-refractivity contribution is -0.171. The topological polar surface area (TPSA) is 107 Å². The molecule has 8 heteroatoms. The number of amides is 1. The molecule has 3 aliphatic rings. The van der Waals surface area contributed by atoms with Crippen LogP contribution in [0.3, 0.4) is 0 Å². The van der Waals surface area contributed by atoms with Gasteiger partial charge in [-0.1, -0.05) is 30.7 Å². The number of carbonyl (C=O) groups excluding carboxylic acids is 2. The molecule has 3 heterocycles. The van der Waals surface area contributed by atoms with Crippen LogP contribution >= 0.6 is 0 Å². The number of nitrogens with one attached hydrogen (secondary N) is 1. The average molecular weight is 520 g/mol. The van der Waals surface area contributed by atoms with E-state index in [1.165, 1.54) is 13.0 Å². The maximum absolute atomic E-state index is 12.5. The molecular formula is C29H45NO7. The SMILES string of the molecule is CC(=O)OC(C)/C(C)=C\C(=O)NC1C[C@H](C)[C@H](C/C=C(C)/C=C/[C@H]2OC(C)(C)C[C@@]3(CO3)[C@@H]2O)O[C@@H]1C. The highest BCUT2D eigenvalue weighted by atomic mass is 16.6. The zero-order valence-electron chi connectivity index (χ0n) is 23.6. The van der Waals surface area contributed by atoms with Gasteiger partial charge in [-0.3, -0.25) is 9.59 Å². The molecule has 1 amide bonds. The molecule has 3 fully saturated rings. The Hall–Kier alpha value is -2.00. The van der Waals surface area contributed by atoms with Crippen LogP contribution in [0.2, 0.25) is 0 Å². The molecule has 0 aromatic heterocycles. The van der Waals surface area contributed by atoms with Gasteiger partial charge < -0.3 is 29.4 Å². The molecule has 0 aromatic rings. The average Bonchev–Trinajstić information content (AvgIpc) is 3.55. The summed E-state index contributed by atoms with van der Waals surface area (Å²) < 4.78 is 23.1. The summed E-state index contributed by atoms with van der Waals surface area (Å²) in [6, 6.07) is -0.0953. The van der Waals surface area contributed by atoms with E-state index in [1.807, 2.05) is 39.8 Å². The van der Waals surface area contributed by atoms with Crippen LogP contribution in [-0.2, 0) is 28.5 Å². The van der Waals surface area contributed by atoms with Crippen molar-refractivity contribution in [2.24, 2.45) is 5.92 Å². The molecule has 3 saturated heterocycles. The van der Waals surface area contributed by atoms with Gasteiger partial charge in [0, 0.05) is 19.4 Å². The zero-order chi connectivity index (χ0) is 27.5. The van der Waals surface area contributed by atoms with Gasteiger partial charge in [0.05, 0.1) is 30.5 Å². The van der Waals surface area contributed by atoms with E-state index in [0.29, 0.717) is 18.6 Å². The van der Waals surface area contributed by atoms with Crippen molar-refractivity contribution < 1.29 is 33.6 Å². The highest BCUT2D eigenvalue weighted by molar-refractivity contribution is 5.88. The summed E-state index contributed by atoms with van der Waals surface area (Å²) in [6.07, 6.45) is 8.23. The number of hydrogen-bond acceptors (Lipinski definition) is 7. The molecule has 208 valence electrons. The van der Waals surface area contributed by atoms with Crippen molar-refractivity contribution in [2.75, 3.05) is 6.61 Å². The molecule has 0 aliphatic carbocycles. The third kappa shape index (κ3) is 7.99. The minimum absolute atomic E-state index is 0.0476. The molecule has 37 heavy (non-hydrogen) atoms. The van der Waals surface area contributed by atoms with Gasteiger partial charge in [0.15, 0.2) is 0 Å². The maximum atomic E-state index is 12.5. The van der Waals surface area contributed by atoms with Crippen LogP contribution in [0.25, 0.3) is 0 Å². The van der Waals surface area contributed by atoms with E-state index in [4.69, 9.17) is 18.9 Å². The summed E-state index contributed by atoms with van der Waals surface area (Å²) in [5.41, 5.74) is 0.958. The normalized spacial score (nSPS) is 36.9. The minimum Gasteiger partial charge on any atom is -0.458 e. The molecule has 0 aromatic carbocycles. The van der Waals surface area contributed by atoms with E-state index in [9.17, 15) is 14.7 Å². The third-order valence-corrected chi connectivity index (χ3v) is 7.65. The van der Waals surface area contributed by atoms with Crippen molar-refractivity contribution in [2.45, 2.75) is 122 Å². The van der Waals surface area contributed by atoms with E-state index in [2.05, 4.69) is 18.3 Å². The Bertz CT molecular complexity index is 933. The molecule has 0 radical (unpaired) electrons. The van der Waals surface area contributed by atoms with Gasteiger partial charge >= 0.3 is 5.97 Å². The number of hydrogen-bond donors (Lipinski definition) is 2. The summed E-state index contributed by atoms with van der Waals surface area (Å²) >= 11 is 0. The van der Waals surface area contributed by atoms with Gasteiger partial charge in [-0.05, 0) is 65.9 Å². The van der Waals surface area contributed by atoms with Crippen LogP contribution in [-0.4, -0.2) is 71.4 Å². The predicted molar refractivity (Wildman–Crippen MR) is 141 cm³/mol. The molecule has 1 spiro atoms. The fourth-order valence-electron chi connectivity index (χ4n) is 5.33. The van der Waals surface area contributed by atoms with Crippen LogP contribution in [0.1, 0.15) is 74.7 Å². The quantitative estimate of drug-likeness (QED) is 0.218. The zero-order valence-corrected chi connectivity index (χ0v) is 23.6. The van der Waals surface area contributed by atoms with E-state index >= 15 is 0 Å². The fourth-order valence-corrected chi connectivity index (χ4v) is 5.33. The lowest BCUT2D eigenvalue weighted by atomic mass is 9.83. The Kier molecular flexibility index (Phi) is 9.43. The Morgan fingerprint density at radius 2 is 1.89 bits per heavy atom. The Morgan fingerprint density at radius 1 is 1.22 bits per heavy atom. The number of aliphatic hydroxyl groups excluding tert-OH is 1. The van der Waals surface area contributed by atoms with Crippen molar-refractivity contribution in [1.29, 1.82) is 0 Å². The summed E-state index contributed by atoms with van der Waals surface area (Å²) in [5.74, 6) is -0.326. The van der Waals surface area contributed by atoms with Crippen LogP contribution < -0.4 is 5.32 Å². The maximum Gasteiger partial charge on any atom is 0.303 e. The van der Waals surface area contributed by atoms with Gasteiger partial charge in [-0.25, -0.2) is 0 Å². The first kappa shape index (κ1) is 29.6. The Balaban J connectivity index is 1.51. The smallest absolute Gasteiger partial charge is 0.303 e. The van der Waals surface area contributed by atoms with E-state index in [0.717, 1.165) is 18.4 Å².